The van der Waals surface area contributed by atoms with Gasteiger partial charge in [-0.25, -0.2) is 0 Å². The van der Waals surface area contributed by atoms with E-state index in [0.29, 0.717) is 5.57 Å². The summed E-state index contributed by atoms with van der Waals surface area (Å²) in [6, 6.07) is -1.07. The third-order valence-electron chi connectivity index (χ3n) is 1.92. The van der Waals surface area contributed by atoms with Crippen molar-refractivity contribution in [2.24, 2.45) is 5.73 Å². The molecule has 0 saturated heterocycles. The molecule has 0 aromatic rings. The zero-order valence-electron chi connectivity index (χ0n) is 7.94. The molecule has 0 aromatic carbocycles. The number of hydrogen-bond acceptors (Lipinski definition) is 4. The summed E-state index contributed by atoms with van der Waals surface area (Å²) >= 11 is -0.459. The third kappa shape index (κ3) is 2.75. The van der Waals surface area contributed by atoms with Gasteiger partial charge in [0.2, 0.25) is 0 Å². The van der Waals surface area contributed by atoms with Crippen molar-refractivity contribution in [3.05, 3.63) is 29.0 Å². The zero-order valence-corrected chi connectivity index (χ0v) is 10.1. The van der Waals surface area contributed by atoms with Crippen LogP contribution < -0.4 is 26.9 Å². The molecular formula is C8H10IN2O4-. The molecule has 0 aromatic heterocycles. The number of carboxylic acid groups (broad SMARTS) is 1. The van der Waals surface area contributed by atoms with E-state index in [9.17, 15) is 14.9 Å². The van der Waals surface area contributed by atoms with Crippen LogP contribution in [0.4, 0.5) is 0 Å². The first-order chi connectivity index (χ1) is 6.93. The number of carboxylic acids is 1. The van der Waals surface area contributed by atoms with Gasteiger partial charge in [-0.1, -0.05) is 0 Å². The summed E-state index contributed by atoms with van der Waals surface area (Å²) in [4.78, 5) is 20.8. The number of nitrogens with zero attached hydrogens (tertiary/aromatic N) is 1. The van der Waals surface area contributed by atoms with Gasteiger partial charge in [-0.2, -0.15) is 0 Å². The molecule has 15 heavy (non-hydrogen) atoms. The Morgan fingerprint density at radius 1 is 1.80 bits per heavy atom. The van der Waals surface area contributed by atoms with Crippen LogP contribution in [0.5, 0.6) is 0 Å². The van der Waals surface area contributed by atoms with Crippen LogP contribution in [0, 0.1) is 10.1 Å². The van der Waals surface area contributed by atoms with Crippen molar-refractivity contribution in [3.63, 3.8) is 0 Å². The van der Waals surface area contributed by atoms with Gasteiger partial charge in [-0.15, -0.1) is 0 Å². The Labute approximate surface area is 96.2 Å². The second-order valence-electron chi connectivity index (χ2n) is 3.03. The Balaban J connectivity index is 2.81. The topological polar surface area (TPSA) is 106 Å². The van der Waals surface area contributed by atoms with E-state index in [-0.39, 0.29) is 12.1 Å². The van der Waals surface area contributed by atoms with E-state index < -0.39 is 38.1 Å². The quantitative estimate of drug-likeness (QED) is 0.332. The first kappa shape index (κ1) is 12.1. The van der Waals surface area contributed by atoms with Crippen LogP contribution >= 0.6 is 0 Å². The molecule has 3 N–H and O–H groups in total. The van der Waals surface area contributed by atoms with Crippen molar-refractivity contribution in [3.8, 4) is 0 Å². The molecule has 1 heterocycles. The number of nitro groups is 1. The number of allylic oxidation sites excluding steroid dienone is 2. The predicted octanol–water partition coefficient (Wildman–Crippen LogP) is -2.72. The molecule has 0 unspecified atom stereocenters. The molecule has 1 atom stereocenters. The molecule has 0 bridgehead atoms. The Kier molecular flexibility index (Phi) is 3.80. The van der Waals surface area contributed by atoms with Crippen LogP contribution in [0.1, 0.15) is 13.3 Å². The summed E-state index contributed by atoms with van der Waals surface area (Å²) < 4.78 is 2.53. The van der Waals surface area contributed by atoms with Crippen LogP contribution in [-0.2, 0) is 4.79 Å². The monoisotopic (exact) mass is 325 g/mol. The number of nitrogens with two attached hydrogens (primary N) is 1. The van der Waals surface area contributed by atoms with E-state index in [1.54, 1.807) is 11.0 Å². The van der Waals surface area contributed by atoms with Gasteiger partial charge in [0.05, 0.1) is 0 Å². The standard InChI is InChI=1S/C8H10IN2O4/c1-4-7(11(14)15)5(3-9-4)2-6(10)8(12)13/h3,6H,2,10H2,1H3,(H,12,13)/q-1/t6-/m0/s1. The minimum atomic E-state index is -1.14. The number of halogens is 1. The molecule has 1 aliphatic rings. The van der Waals surface area contributed by atoms with Crippen LogP contribution in [0.2, 0.25) is 0 Å². The maximum atomic E-state index is 10.7. The second-order valence-corrected chi connectivity index (χ2v) is 5.90. The first-order valence-corrected chi connectivity index (χ1v) is 6.42. The fourth-order valence-electron chi connectivity index (χ4n) is 1.18. The Morgan fingerprint density at radius 2 is 2.40 bits per heavy atom. The van der Waals surface area contributed by atoms with Crippen LogP contribution in [0.15, 0.2) is 18.9 Å². The van der Waals surface area contributed by atoms with E-state index in [2.05, 4.69) is 0 Å². The fourth-order valence-corrected chi connectivity index (χ4v) is 3.41. The van der Waals surface area contributed by atoms with Crippen LogP contribution in [0.3, 0.4) is 0 Å². The summed E-state index contributed by atoms with van der Waals surface area (Å²) in [6.07, 6.45) is 0.0305. The molecule has 1 aliphatic heterocycles. The normalized spacial score (nSPS) is 18.1. The molecule has 0 aliphatic carbocycles. The van der Waals surface area contributed by atoms with E-state index >= 15 is 0 Å². The van der Waals surface area contributed by atoms with Gasteiger partial charge >= 0.3 is 96.2 Å². The third-order valence-corrected chi connectivity index (χ3v) is 4.43. The van der Waals surface area contributed by atoms with E-state index in [1.807, 2.05) is 0 Å². The molecule has 7 heteroatoms. The van der Waals surface area contributed by atoms with Crippen molar-refractivity contribution < 1.29 is 36.0 Å². The second kappa shape index (κ2) is 4.71. The van der Waals surface area contributed by atoms with Gasteiger partial charge in [0.15, 0.2) is 0 Å². The molecule has 84 valence electrons. The molecule has 0 radical (unpaired) electrons. The number of carbonyl (C=O) groups is 1. The summed E-state index contributed by atoms with van der Waals surface area (Å²) in [5.74, 6) is -1.14. The minimum absolute atomic E-state index is 0.0305. The molecular weight excluding hydrogens is 315 g/mol. The molecule has 0 spiro atoms. The summed E-state index contributed by atoms with van der Waals surface area (Å²) in [7, 11) is 0. The molecule has 0 amide bonds. The van der Waals surface area contributed by atoms with E-state index in [0.717, 1.165) is 3.58 Å². The Morgan fingerprint density at radius 3 is 2.87 bits per heavy atom. The average molecular weight is 325 g/mol. The van der Waals surface area contributed by atoms with Gasteiger partial charge in [-0.3, -0.25) is 0 Å². The number of aliphatic carboxylic acids is 1. The Hall–Kier alpha value is -0.960. The molecule has 6 nitrogen and oxygen atoms in total. The molecule has 1 rings (SSSR count). The Bertz CT molecular complexity index is 375. The van der Waals surface area contributed by atoms with Crippen molar-refractivity contribution in [2.45, 2.75) is 19.4 Å². The SMILES string of the molecule is CC1=C([N+](=O)[O-])C(C[C@H](N)C(=O)O)=C[I-]1. The molecule has 0 fully saturated rings. The number of hydrogen-bond donors (Lipinski definition) is 2. The predicted molar refractivity (Wildman–Crippen MR) is 48.0 cm³/mol. The van der Waals surface area contributed by atoms with Crippen molar-refractivity contribution in [1.29, 1.82) is 0 Å². The molecule has 0 saturated carbocycles. The van der Waals surface area contributed by atoms with Crippen molar-refractivity contribution in [1.82, 2.24) is 0 Å². The van der Waals surface area contributed by atoms with Gasteiger partial charge in [0.1, 0.15) is 0 Å². The van der Waals surface area contributed by atoms with Gasteiger partial charge in [-0.05, 0) is 0 Å². The zero-order chi connectivity index (χ0) is 11.6. The van der Waals surface area contributed by atoms with E-state index in [1.165, 1.54) is 0 Å². The number of rotatable bonds is 4. The summed E-state index contributed by atoms with van der Waals surface area (Å²) in [5, 5.41) is 19.3. The van der Waals surface area contributed by atoms with Crippen molar-refractivity contribution >= 4 is 5.97 Å². The maximum absolute atomic E-state index is 10.7. The van der Waals surface area contributed by atoms with Crippen molar-refractivity contribution in [2.75, 3.05) is 0 Å². The van der Waals surface area contributed by atoms with Crippen LogP contribution in [-0.4, -0.2) is 22.0 Å². The average Bonchev–Trinajstić information content (AvgIpc) is 2.46. The van der Waals surface area contributed by atoms with Gasteiger partial charge in [0.25, 0.3) is 0 Å². The fraction of sp³-hybridized carbons (Fsp3) is 0.375. The van der Waals surface area contributed by atoms with Gasteiger partial charge in [0, 0.05) is 0 Å². The summed E-state index contributed by atoms with van der Waals surface area (Å²) in [5.41, 5.74) is 5.87. The van der Waals surface area contributed by atoms with Crippen LogP contribution in [0.25, 0.3) is 0 Å². The summed E-state index contributed by atoms with van der Waals surface area (Å²) in [6.45, 7) is 1.71. The van der Waals surface area contributed by atoms with Gasteiger partial charge < -0.3 is 0 Å². The first-order valence-electron chi connectivity index (χ1n) is 4.10. The van der Waals surface area contributed by atoms with E-state index in [4.69, 9.17) is 10.8 Å².